The van der Waals surface area contributed by atoms with Gasteiger partial charge in [0.15, 0.2) is 17.4 Å². The number of aromatic hydroxyl groups is 1. The summed E-state index contributed by atoms with van der Waals surface area (Å²) in [6, 6.07) is 2.78. The number of hydrogen-bond donors (Lipinski definition) is 2. The average Bonchev–Trinajstić information content (AvgIpc) is 2.69. The molecule has 0 saturated heterocycles. The van der Waals surface area contributed by atoms with Gasteiger partial charge in [0.2, 0.25) is 0 Å². The van der Waals surface area contributed by atoms with Crippen molar-refractivity contribution >= 4 is 0 Å². The average molecular weight is 241 g/mol. The Hall–Kier alpha value is -1.16. The van der Waals surface area contributed by atoms with Crippen LogP contribution < -0.4 is 5.32 Å². The molecule has 2 rings (SSSR count). The van der Waals surface area contributed by atoms with E-state index in [2.05, 4.69) is 12.2 Å². The summed E-state index contributed by atoms with van der Waals surface area (Å²) < 4.78 is 26.2. The SMILES string of the molecule is CC1CCC(NCc2cc(F)c(O)c(F)c2)C1. The van der Waals surface area contributed by atoms with Crippen LogP contribution in [0, 0.1) is 17.6 Å². The summed E-state index contributed by atoms with van der Waals surface area (Å²) in [7, 11) is 0. The maximum Gasteiger partial charge on any atom is 0.187 e. The highest BCUT2D eigenvalue weighted by atomic mass is 19.1. The summed E-state index contributed by atoms with van der Waals surface area (Å²) >= 11 is 0. The first kappa shape index (κ1) is 12.3. The first-order valence-electron chi connectivity index (χ1n) is 5.96. The van der Waals surface area contributed by atoms with Gasteiger partial charge in [-0.15, -0.1) is 0 Å². The molecule has 0 bridgehead atoms. The van der Waals surface area contributed by atoms with Crippen LogP contribution in [0.2, 0.25) is 0 Å². The van der Waals surface area contributed by atoms with Crippen LogP contribution in [-0.2, 0) is 6.54 Å². The molecule has 1 saturated carbocycles. The standard InChI is InChI=1S/C13H17F2NO/c1-8-2-3-10(4-8)16-7-9-5-11(14)13(17)12(15)6-9/h5-6,8,10,16-17H,2-4,7H2,1H3. The van der Waals surface area contributed by atoms with Gasteiger partial charge < -0.3 is 10.4 Å². The number of rotatable bonds is 3. The van der Waals surface area contributed by atoms with E-state index in [0.29, 0.717) is 18.2 Å². The Balaban J connectivity index is 1.95. The number of nitrogens with one attached hydrogen (secondary N) is 1. The molecule has 0 spiro atoms. The lowest BCUT2D eigenvalue weighted by Crippen LogP contribution is -2.25. The van der Waals surface area contributed by atoms with Gasteiger partial charge in [-0.3, -0.25) is 0 Å². The Bertz CT molecular complexity index is 385. The number of phenols is 1. The van der Waals surface area contributed by atoms with Gasteiger partial charge in [0.25, 0.3) is 0 Å². The Labute approximate surface area is 99.7 Å². The van der Waals surface area contributed by atoms with Crippen LogP contribution in [0.4, 0.5) is 8.78 Å². The van der Waals surface area contributed by atoms with Crippen LogP contribution in [-0.4, -0.2) is 11.1 Å². The summed E-state index contributed by atoms with van der Waals surface area (Å²) in [6.07, 6.45) is 3.43. The van der Waals surface area contributed by atoms with Crippen molar-refractivity contribution < 1.29 is 13.9 Å². The molecule has 1 aliphatic rings. The van der Waals surface area contributed by atoms with Gasteiger partial charge in [0.1, 0.15) is 0 Å². The number of phenolic OH excluding ortho intramolecular Hbond substituents is 1. The lowest BCUT2D eigenvalue weighted by Gasteiger charge is -2.12. The fourth-order valence-corrected chi connectivity index (χ4v) is 2.37. The van der Waals surface area contributed by atoms with E-state index in [4.69, 9.17) is 5.11 Å². The minimum atomic E-state index is -0.901. The lowest BCUT2D eigenvalue weighted by atomic mass is 10.1. The highest BCUT2D eigenvalue weighted by Gasteiger charge is 2.20. The molecule has 1 aromatic carbocycles. The maximum absolute atomic E-state index is 13.1. The van der Waals surface area contributed by atoms with Crippen molar-refractivity contribution in [1.29, 1.82) is 0 Å². The molecule has 4 heteroatoms. The van der Waals surface area contributed by atoms with Crippen molar-refractivity contribution in [3.63, 3.8) is 0 Å². The number of benzene rings is 1. The van der Waals surface area contributed by atoms with Crippen molar-refractivity contribution in [1.82, 2.24) is 5.32 Å². The second kappa shape index (κ2) is 5.00. The first-order valence-corrected chi connectivity index (χ1v) is 5.96. The molecule has 94 valence electrons. The minimum absolute atomic E-state index is 0.435. The van der Waals surface area contributed by atoms with Gasteiger partial charge in [-0.2, -0.15) is 0 Å². The van der Waals surface area contributed by atoms with Crippen LogP contribution in [0.25, 0.3) is 0 Å². The number of hydrogen-bond acceptors (Lipinski definition) is 2. The van der Waals surface area contributed by atoms with Gasteiger partial charge in [0.05, 0.1) is 0 Å². The van der Waals surface area contributed by atoms with E-state index in [-0.39, 0.29) is 0 Å². The fraction of sp³-hybridized carbons (Fsp3) is 0.538. The second-order valence-corrected chi connectivity index (χ2v) is 4.90. The third-order valence-corrected chi connectivity index (χ3v) is 3.37. The van der Waals surface area contributed by atoms with E-state index in [1.54, 1.807) is 0 Å². The molecule has 0 aromatic heterocycles. The predicted octanol–water partition coefficient (Wildman–Crippen LogP) is 2.95. The van der Waals surface area contributed by atoms with E-state index >= 15 is 0 Å². The molecule has 17 heavy (non-hydrogen) atoms. The van der Waals surface area contributed by atoms with Crippen LogP contribution in [0.3, 0.4) is 0 Å². The van der Waals surface area contributed by atoms with E-state index in [1.165, 1.54) is 18.6 Å². The van der Waals surface area contributed by atoms with Crippen LogP contribution in [0.15, 0.2) is 12.1 Å². The highest BCUT2D eigenvalue weighted by Crippen LogP contribution is 2.25. The van der Waals surface area contributed by atoms with Crippen molar-refractivity contribution in [3.05, 3.63) is 29.3 Å². The zero-order chi connectivity index (χ0) is 12.4. The fourth-order valence-electron chi connectivity index (χ4n) is 2.37. The van der Waals surface area contributed by atoms with Gasteiger partial charge in [-0.05, 0) is 42.9 Å². The van der Waals surface area contributed by atoms with Crippen LogP contribution in [0.5, 0.6) is 5.75 Å². The predicted molar refractivity (Wildman–Crippen MR) is 61.7 cm³/mol. The summed E-state index contributed by atoms with van der Waals surface area (Å²) in [5, 5.41) is 12.3. The normalized spacial score (nSPS) is 24.2. The molecule has 0 radical (unpaired) electrons. The third kappa shape index (κ3) is 2.94. The molecule has 0 amide bonds. The van der Waals surface area contributed by atoms with E-state index < -0.39 is 17.4 Å². The van der Waals surface area contributed by atoms with E-state index in [0.717, 1.165) is 18.8 Å². The Morgan fingerprint density at radius 3 is 2.47 bits per heavy atom. The van der Waals surface area contributed by atoms with Gasteiger partial charge in [-0.1, -0.05) is 6.92 Å². The molecule has 2 atom stereocenters. The third-order valence-electron chi connectivity index (χ3n) is 3.37. The zero-order valence-electron chi connectivity index (χ0n) is 9.84. The topological polar surface area (TPSA) is 32.3 Å². The number of halogens is 2. The van der Waals surface area contributed by atoms with Crippen molar-refractivity contribution in [2.24, 2.45) is 5.92 Å². The molecular formula is C13H17F2NO. The Kier molecular flexibility index (Phi) is 3.62. The monoisotopic (exact) mass is 241 g/mol. The summed E-state index contributed by atoms with van der Waals surface area (Å²) in [5.74, 6) is -1.98. The molecule has 0 heterocycles. The quantitative estimate of drug-likeness (QED) is 0.852. The summed E-state index contributed by atoms with van der Waals surface area (Å²) in [4.78, 5) is 0. The highest BCUT2D eigenvalue weighted by molar-refractivity contribution is 5.29. The molecule has 2 unspecified atom stereocenters. The lowest BCUT2D eigenvalue weighted by molar-refractivity contribution is 0.394. The van der Waals surface area contributed by atoms with Gasteiger partial charge in [-0.25, -0.2) is 8.78 Å². The maximum atomic E-state index is 13.1. The van der Waals surface area contributed by atoms with Gasteiger partial charge >= 0.3 is 0 Å². The molecule has 2 nitrogen and oxygen atoms in total. The smallest absolute Gasteiger partial charge is 0.187 e. The molecule has 1 aliphatic carbocycles. The second-order valence-electron chi connectivity index (χ2n) is 4.90. The van der Waals surface area contributed by atoms with Crippen molar-refractivity contribution in [2.45, 2.75) is 38.8 Å². The van der Waals surface area contributed by atoms with Crippen LogP contribution in [0.1, 0.15) is 31.7 Å². The summed E-state index contributed by atoms with van der Waals surface area (Å²) in [6.45, 7) is 2.65. The molecule has 0 aliphatic heterocycles. The van der Waals surface area contributed by atoms with Crippen LogP contribution >= 0.6 is 0 Å². The van der Waals surface area contributed by atoms with E-state index in [1.807, 2.05) is 0 Å². The molecule has 1 aromatic rings. The molecule has 2 N–H and O–H groups in total. The largest absolute Gasteiger partial charge is 0.503 e. The summed E-state index contributed by atoms with van der Waals surface area (Å²) in [5.41, 5.74) is 0.525. The first-order chi connectivity index (χ1) is 8.06. The van der Waals surface area contributed by atoms with Crippen molar-refractivity contribution in [3.8, 4) is 5.75 Å². The molecular weight excluding hydrogens is 224 g/mol. The van der Waals surface area contributed by atoms with E-state index in [9.17, 15) is 8.78 Å². The van der Waals surface area contributed by atoms with Crippen molar-refractivity contribution in [2.75, 3.05) is 0 Å². The Morgan fingerprint density at radius 1 is 1.29 bits per heavy atom. The van der Waals surface area contributed by atoms with Gasteiger partial charge in [0, 0.05) is 12.6 Å². The molecule has 1 fully saturated rings. The minimum Gasteiger partial charge on any atom is -0.503 e. The zero-order valence-corrected chi connectivity index (χ0v) is 9.84. The Morgan fingerprint density at radius 2 is 1.94 bits per heavy atom.